The minimum absolute atomic E-state index is 0.345. The molecule has 0 aliphatic carbocycles. The second-order valence-electron chi connectivity index (χ2n) is 2.43. The van der Waals surface area contributed by atoms with E-state index >= 15 is 0 Å². The van der Waals surface area contributed by atoms with Crippen LogP contribution in [0.1, 0.15) is 5.56 Å². The van der Waals surface area contributed by atoms with Gasteiger partial charge in [-0.1, -0.05) is 6.07 Å². The number of nitriles is 1. The van der Waals surface area contributed by atoms with Crippen molar-refractivity contribution < 1.29 is 12.8 Å². The van der Waals surface area contributed by atoms with Crippen LogP contribution in [0.3, 0.4) is 0 Å². The van der Waals surface area contributed by atoms with E-state index in [1.165, 1.54) is 25.2 Å². The highest BCUT2D eigenvalue weighted by molar-refractivity contribution is 7.89. The molecule has 0 saturated heterocycles. The number of benzene rings is 1. The standard InChI is InChI=1S/C8H7FN2O2S/c1-11-14(12,13)8-4-2-3-7(9)6(8)5-10/h2-4,11H,1H3. The maximum Gasteiger partial charge on any atom is 0.241 e. The molecule has 0 amide bonds. The van der Waals surface area contributed by atoms with Gasteiger partial charge in [0.1, 0.15) is 22.3 Å². The van der Waals surface area contributed by atoms with Gasteiger partial charge in [-0.3, -0.25) is 0 Å². The van der Waals surface area contributed by atoms with Crippen LogP contribution < -0.4 is 4.72 Å². The maximum absolute atomic E-state index is 13.0. The quantitative estimate of drug-likeness (QED) is 0.783. The fourth-order valence-corrected chi connectivity index (χ4v) is 1.84. The summed E-state index contributed by atoms with van der Waals surface area (Å²) in [4.78, 5) is -0.345. The van der Waals surface area contributed by atoms with Crippen LogP contribution in [-0.2, 0) is 10.0 Å². The van der Waals surface area contributed by atoms with E-state index in [-0.39, 0.29) is 4.90 Å². The molecule has 0 spiro atoms. The Hall–Kier alpha value is -1.45. The van der Waals surface area contributed by atoms with Crippen molar-refractivity contribution in [3.05, 3.63) is 29.6 Å². The molecule has 74 valence electrons. The monoisotopic (exact) mass is 214 g/mol. The molecule has 0 radical (unpaired) electrons. The predicted octanol–water partition coefficient (Wildman–Crippen LogP) is 0.605. The van der Waals surface area contributed by atoms with Gasteiger partial charge < -0.3 is 0 Å². The highest BCUT2D eigenvalue weighted by Crippen LogP contribution is 2.17. The zero-order chi connectivity index (χ0) is 10.8. The first-order valence-electron chi connectivity index (χ1n) is 3.65. The van der Waals surface area contributed by atoms with Crippen molar-refractivity contribution in [2.24, 2.45) is 0 Å². The Morgan fingerprint density at radius 1 is 1.50 bits per heavy atom. The number of nitrogens with zero attached hydrogens (tertiary/aromatic N) is 1. The van der Waals surface area contributed by atoms with E-state index in [4.69, 9.17) is 5.26 Å². The van der Waals surface area contributed by atoms with Crippen molar-refractivity contribution in [2.75, 3.05) is 7.05 Å². The lowest BCUT2D eigenvalue weighted by atomic mass is 10.2. The molecule has 0 fully saturated rings. The highest BCUT2D eigenvalue weighted by atomic mass is 32.2. The van der Waals surface area contributed by atoms with E-state index in [1.54, 1.807) is 0 Å². The molecule has 0 unspecified atom stereocenters. The molecule has 0 saturated carbocycles. The first-order valence-corrected chi connectivity index (χ1v) is 5.13. The zero-order valence-electron chi connectivity index (χ0n) is 7.28. The third kappa shape index (κ3) is 1.73. The average molecular weight is 214 g/mol. The van der Waals surface area contributed by atoms with Crippen molar-refractivity contribution in [1.29, 1.82) is 5.26 Å². The Kier molecular flexibility index (Phi) is 2.84. The van der Waals surface area contributed by atoms with Gasteiger partial charge >= 0.3 is 0 Å². The van der Waals surface area contributed by atoms with Gasteiger partial charge in [-0.15, -0.1) is 0 Å². The van der Waals surface area contributed by atoms with Gasteiger partial charge in [0.15, 0.2) is 0 Å². The summed E-state index contributed by atoms with van der Waals surface area (Å²) in [5.74, 6) is -0.844. The Bertz CT molecular complexity index is 491. The number of rotatable bonds is 2. The molecular formula is C8H7FN2O2S. The van der Waals surface area contributed by atoms with Crippen molar-refractivity contribution in [2.45, 2.75) is 4.90 Å². The van der Waals surface area contributed by atoms with E-state index in [2.05, 4.69) is 0 Å². The molecule has 1 aromatic carbocycles. The summed E-state index contributed by atoms with van der Waals surface area (Å²) in [6.07, 6.45) is 0. The lowest BCUT2D eigenvalue weighted by Gasteiger charge is -2.04. The molecule has 0 bridgehead atoms. The normalized spacial score (nSPS) is 10.9. The molecule has 0 aliphatic heterocycles. The minimum atomic E-state index is -3.78. The first kappa shape index (κ1) is 10.6. The smallest absolute Gasteiger partial charge is 0.214 e. The van der Waals surface area contributed by atoms with Crippen molar-refractivity contribution in [3.63, 3.8) is 0 Å². The first-order chi connectivity index (χ1) is 6.53. The van der Waals surface area contributed by atoms with Crippen LogP contribution in [0.25, 0.3) is 0 Å². The van der Waals surface area contributed by atoms with Crippen LogP contribution in [0.4, 0.5) is 4.39 Å². The van der Waals surface area contributed by atoms with E-state index in [0.29, 0.717) is 0 Å². The lowest BCUT2D eigenvalue weighted by molar-refractivity contribution is 0.582. The molecule has 1 rings (SSSR count). The van der Waals surface area contributed by atoms with E-state index in [0.717, 1.165) is 6.07 Å². The fraction of sp³-hybridized carbons (Fsp3) is 0.125. The Morgan fingerprint density at radius 3 is 2.64 bits per heavy atom. The number of hydrogen-bond donors (Lipinski definition) is 1. The minimum Gasteiger partial charge on any atom is -0.214 e. The number of sulfonamides is 1. The average Bonchev–Trinajstić information content (AvgIpc) is 2.17. The molecule has 4 nitrogen and oxygen atoms in total. The molecule has 0 aliphatic rings. The van der Waals surface area contributed by atoms with Crippen LogP contribution in [-0.4, -0.2) is 15.5 Å². The highest BCUT2D eigenvalue weighted by Gasteiger charge is 2.18. The fourth-order valence-electron chi connectivity index (χ4n) is 0.947. The maximum atomic E-state index is 13.0. The summed E-state index contributed by atoms with van der Waals surface area (Å²) in [6.45, 7) is 0. The number of halogens is 1. The van der Waals surface area contributed by atoms with Gasteiger partial charge in [0.2, 0.25) is 10.0 Å². The largest absolute Gasteiger partial charge is 0.241 e. The second-order valence-corrected chi connectivity index (χ2v) is 4.29. The van der Waals surface area contributed by atoms with Crippen molar-refractivity contribution >= 4 is 10.0 Å². The van der Waals surface area contributed by atoms with Crippen molar-refractivity contribution in [1.82, 2.24) is 4.72 Å². The number of hydrogen-bond acceptors (Lipinski definition) is 3. The molecule has 1 N–H and O–H groups in total. The van der Waals surface area contributed by atoms with Gasteiger partial charge in [-0.25, -0.2) is 17.5 Å². The molecule has 0 atom stereocenters. The van der Waals surface area contributed by atoms with Crippen LogP contribution in [0.5, 0.6) is 0 Å². The van der Waals surface area contributed by atoms with Gasteiger partial charge in [-0.05, 0) is 19.2 Å². The van der Waals surface area contributed by atoms with Gasteiger partial charge in [0.05, 0.1) is 0 Å². The summed E-state index contributed by atoms with van der Waals surface area (Å²) in [7, 11) is -2.58. The van der Waals surface area contributed by atoms with E-state index in [9.17, 15) is 12.8 Å². The third-order valence-electron chi connectivity index (χ3n) is 1.65. The van der Waals surface area contributed by atoms with Crippen LogP contribution in [0, 0.1) is 17.1 Å². The Balaban J connectivity index is 3.53. The predicted molar refractivity (Wildman–Crippen MR) is 47.4 cm³/mol. The summed E-state index contributed by atoms with van der Waals surface area (Å²) in [5, 5.41) is 8.58. The van der Waals surface area contributed by atoms with Crippen LogP contribution in [0.15, 0.2) is 23.1 Å². The molecule has 0 aromatic heterocycles. The third-order valence-corrected chi connectivity index (χ3v) is 3.10. The number of nitrogens with one attached hydrogen (secondary N) is 1. The van der Waals surface area contributed by atoms with Gasteiger partial charge in [0.25, 0.3) is 0 Å². The Morgan fingerprint density at radius 2 is 2.14 bits per heavy atom. The molecule has 14 heavy (non-hydrogen) atoms. The molecule has 0 heterocycles. The Labute approximate surface area is 81.0 Å². The summed E-state index contributed by atoms with van der Waals surface area (Å²) in [6, 6.07) is 4.96. The summed E-state index contributed by atoms with van der Waals surface area (Å²) < 4.78 is 37.6. The van der Waals surface area contributed by atoms with Crippen LogP contribution >= 0.6 is 0 Å². The topological polar surface area (TPSA) is 70.0 Å². The van der Waals surface area contributed by atoms with E-state index in [1.807, 2.05) is 4.72 Å². The lowest BCUT2D eigenvalue weighted by Crippen LogP contribution is -2.20. The zero-order valence-corrected chi connectivity index (χ0v) is 8.10. The van der Waals surface area contributed by atoms with Gasteiger partial charge in [0, 0.05) is 0 Å². The summed E-state index contributed by atoms with van der Waals surface area (Å²) in [5.41, 5.74) is -0.471. The molecular weight excluding hydrogens is 207 g/mol. The summed E-state index contributed by atoms with van der Waals surface area (Å²) >= 11 is 0. The SMILES string of the molecule is CNS(=O)(=O)c1cccc(F)c1C#N. The van der Waals surface area contributed by atoms with Crippen molar-refractivity contribution in [3.8, 4) is 6.07 Å². The van der Waals surface area contributed by atoms with Gasteiger partial charge in [-0.2, -0.15) is 5.26 Å². The van der Waals surface area contributed by atoms with E-state index < -0.39 is 21.4 Å². The molecule has 6 heteroatoms. The second kappa shape index (κ2) is 3.74. The molecule has 1 aromatic rings. The van der Waals surface area contributed by atoms with Crippen LogP contribution in [0.2, 0.25) is 0 Å².